The molecule has 0 radical (unpaired) electrons. The van der Waals surface area contributed by atoms with Gasteiger partial charge in [0.15, 0.2) is 0 Å². The number of esters is 1. The molecule has 1 saturated carbocycles. The third kappa shape index (κ3) is 1.66. The monoisotopic (exact) mass is 271 g/mol. The Hall–Kier alpha value is -1.56. The van der Waals surface area contributed by atoms with Crippen molar-refractivity contribution in [3.63, 3.8) is 0 Å². The Bertz CT molecular complexity index is 555. The molecule has 19 heavy (non-hydrogen) atoms. The van der Waals surface area contributed by atoms with Crippen LogP contribution in [-0.4, -0.2) is 18.6 Å². The largest absolute Gasteiger partial charge is 0.468 e. The highest BCUT2D eigenvalue weighted by Crippen LogP contribution is 2.56. The molecule has 2 aliphatic rings. The minimum absolute atomic E-state index is 0.0383. The molecule has 102 valence electrons. The number of carbonyl (C=O) groups excluding carboxylic acids is 1. The molecule has 0 bridgehead atoms. The lowest BCUT2D eigenvalue weighted by Crippen LogP contribution is -2.44. The maximum atomic E-state index is 12.9. The van der Waals surface area contributed by atoms with E-state index in [1.165, 1.54) is 13.2 Å². The zero-order valence-electron chi connectivity index (χ0n) is 10.2. The van der Waals surface area contributed by atoms with Crippen LogP contribution in [-0.2, 0) is 22.3 Å². The molecule has 1 heterocycles. The number of alkyl halides is 3. The van der Waals surface area contributed by atoms with Gasteiger partial charge in [0.05, 0.1) is 12.7 Å². The number of ether oxygens (including phenoxy) is 1. The lowest BCUT2D eigenvalue weighted by molar-refractivity contribution is -0.144. The summed E-state index contributed by atoms with van der Waals surface area (Å²) in [5.74, 6) is -0.619. The standard InChI is InChI=1S/C13H12F3NO2/c1-19-11(18)12-5-10(12)7-3-2-4-9(13(14,15)16)8(7)6-17-12/h2-4,10,17H,5-6H2,1H3/t10-,12-/m1/s1. The Morgan fingerprint density at radius 1 is 1.47 bits per heavy atom. The second kappa shape index (κ2) is 3.72. The number of hydrogen-bond acceptors (Lipinski definition) is 3. The van der Waals surface area contributed by atoms with Crippen LogP contribution in [0.4, 0.5) is 13.2 Å². The van der Waals surface area contributed by atoms with E-state index in [4.69, 9.17) is 4.74 Å². The summed E-state index contributed by atoms with van der Waals surface area (Å²) in [5.41, 5.74) is -0.578. The van der Waals surface area contributed by atoms with Crippen molar-refractivity contribution < 1.29 is 22.7 Å². The molecular formula is C13H12F3NO2. The summed E-state index contributed by atoms with van der Waals surface area (Å²) in [6.07, 6.45) is -3.87. The highest BCUT2D eigenvalue weighted by molar-refractivity contribution is 5.87. The number of methoxy groups -OCH3 is 1. The van der Waals surface area contributed by atoms with Gasteiger partial charge in [0, 0.05) is 12.5 Å². The number of fused-ring (bicyclic) bond motifs is 3. The average Bonchev–Trinajstić information content (AvgIpc) is 3.12. The normalized spacial score (nSPS) is 28.3. The van der Waals surface area contributed by atoms with E-state index in [0.717, 1.165) is 6.07 Å². The van der Waals surface area contributed by atoms with Crippen LogP contribution in [0.3, 0.4) is 0 Å². The number of rotatable bonds is 1. The van der Waals surface area contributed by atoms with Gasteiger partial charge < -0.3 is 4.74 Å². The van der Waals surface area contributed by atoms with Gasteiger partial charge in [-0.15, -0.1) is 0 Å². The first-order valence-corrected chi connectivity index (χ1v) is 5.92. The summed E-state index contributed by atoms with van der Waals surface area (Å²) >= 11 is 0. The molecule has 0 amide bonds. The van der Waals surface area contributed by atoms with Crippen LogP contribution < -0.4 is 5.32 Å². The third-order valence-electron chi connectivity index (χ3n) is 3.98. The van der Waals surface area contributed by atoms with Crippen LogP contribution >= 0.6 is 0 Å². The number of carbonyl (C=O) groups is 1. The second-order valence-corrected chi connectivity index (χ2v) is 4.94. The van der Waals surface area contributed by atoms with Crippen molar-refractivity contribution in [3.05, 3.63) is 34.9 Å². The predicted octanol–water partition coefficient (Wildman–Crippen LogP) is 2.21. The Kier molecular flexibility index (Phi) is 2.44. The van der Waals surface area contributed by atoms with Crippen LogP contribution in [0, 0.1) is 0 Å². The molecule has 1 fully saturated rings. The minimum Gasteiger partial charge on any atom is -0.468 e. The van der Waals surface area contributed by atoms with Crippen LogP contribution in [0.25, 0.3) is 0 Å². The smallest absolute Gasteiger partial charge is 0.416 e. The summed E-state index contributed by atoms with van der Waals surface area (Å²) in [7, 11) is 1.29. The molecule has 6 heteroatoms. The van der Waals surface area contributed by atoms with E-state index in [9.17, 15) is 18.0 Å². The van der Waals surface area contributed by atoms with Gasteiger partial charge in [-0.25, -0.2) is 0 Å². The van der Waals surface area contributed by atoms with Crippen molar-refractivity contribution >= 4 is 5.97 Å². The fraction of sp³-hybridized carbons (Fsp3) is 0.462. The van der Waals surface area contributed by atoms with Crippen molar-refractivity contribution in [3.8, 4) is 0 Å². The van der Waals surface area contributed by atoms with Gasteiger partial charge in [-0.2, -0.15) is 13.2 Å². The fourth-order valence-corrected chi connectivity index (χ4v) is 2.95. The van der Waals surface area contributed by atoms with Gasteiger partial charge in [-0.05, 0) is 23.6 Å². The van der Waals surface area contributed by atoms with E-state index >= 15 is 0 Å². The Balaban J connectivity index is 2.03. The van der Waals surface area contributed by atoms with Crippen molar-refractivity contribution in [2.45, 2.75) is 30.6 Å². The molecule has 1 aliphatic carbocycles. The highest BCUT2D eigenvalue weighted by Gasteiger charge is 2.64. The maximum absolute atomic E-state index is 12.9. The summed E-state index contributed by atoms with van der Waals surface area (Å²) < 4.78 is 43.5. The number of nitrogens with one attached hydrogen (secondary N) is 1. The van der Waals surface area contributed by atoms with Gasteiger partial charge in [0.25, 0.3) is 0 Å². The molecule has 2 atom stereocenters. The molecule has 1 aromatic carbocycles. The molecule has 0 spiro atoms. The average molecular weight is 271 g/mol. The highest BCUT2D eigenvalue weighted by atomic mass is 19.4. The first kappa shape index (κ1) is 12.5. The van der Waals surface area contributed by atoms with Gasteiger partial charge in [0.2, 0.25) is 0 Å². The molecule has 0 saturated heterocycles. The fourth-order valence-electron chi connectivity index (χ4n) is 2.95. The quantitative estimate of drug-likeness (QED) is 0.796. The van der Waals surface area contributed by atoms with Crippen LogP contribution in [0.5, 0.6) is 0 Å². The van der Waals surface area contributed by atoms with E-state index in [0.29, 0.717) is 12.0 Å². The van der Waals surface area contributed by atoms with Crippen molar-refractivity contribution in [1.29, 1.82) is 0 Å². The van der Waals surface area contributed by atoms with Crippen molar-refractivity contribution in [2.75, 3.05) is 7.11 Å². The zero-order valence-corrected chi connectivity index (χ0v) is 10.2. The molecule has 1 aromatic rings. The van der Waals surface area contributed by atoms with E-state index in [1.807, 2.05) is 0 Å². The first-order valence-electron chi connectivity index (χ1n) is 5.92. The van der Waals surface area contributed by atoms with Crippen molar-refractivity contribution in [2.24, 2.45) is 0 Å². The van der Waals surface area contributed by atoms with E-state index < -0.39 is 23.2 Å². The van der Waals surface area contributed by atoms with Crippen LogP contribution in [0.15, 0.2) is 18.2 Å². The number of hydrogen-bond donors (Lipinski definition) is 1. The topological polar surface area (TPSA) is 38.3 Å². The molecule has 3 nitrogen and oxygen atoms in total. The van der Waals surface area contributed by atoms with Gasteiger partial charge in [0.1, 0.15) is 5.54 Å². The zero-order chi connectivity index (χ0) is 13.8. The summed E-state index contributed by atoms with van der Waals surface area (Å²) in [5, 5.41) is 2.91. The van der Waals surface area contributed by atoms with E-state index in [2.05, 4.69) is 5.32 Å². The lowest BCUT2D eigenvalue weighted by atomic mass is 9.92. The lowest BCUT2D eigenvalue weighted by Gasteiger charge is -2.26. The van der Waals surface area contributed by atoms with Crippen LogP contribution in [0.2, 0.25) is 0 Å². The molecule has 1 N–H and O–H groups in total. The Morgan fingerprint density at radius 2 is 2.21 bits per heavy atom. The SMILES string of the molecule is COC(=O)[C@@]12C[C@@H]1c1cccc(C(F)(F)F)c1CN2. The van der Waals surface area contributed by atoms with Gasteiger partial charge >= 0.3 is 12.1 Å². The maximum Gasteiger partial charge on any atom is 0.416 e. The minimum atomic E-state index is -4.37. The molecule has 3 rings (SSSR count). The van der Waals surface area contributed by atoms with Gasteiger partial charge in [-0.3, -0.25) is 10.1 Å². The summed E-state index contributed by atoms with van der Waals surface area (Å²) in [6, 6.07) is 4.14. The van der Waals surface area contributed by atoms with Crippen LogP contribution in [0.1, 0.15) is 29.0 Å². The second-order valence-electron chi connectivity index (χ2n) is 4.94. The summed E-state index contributed by atoms with van der Waals surface area (Å²) in [4.78, 5) is 11.7. The van der Waals surface area contributed by atoms with E-state index in [1.54, 1.807) is 6.07 Å². The first-order chi connectivity index (χ1) is 8.90. The molecular weight excluding hydrogens is 259 g/mol. The predicted molar refractivity (Wildman–Crippen MR) is 60.4 cm³/mol. The molecule has 0 unspecified atom stereocenters. The number of halogens is 3. The third-order valence-corrected chi connectivity index (χ3v) is 3.98. The van der Waals surface area contributed by atoms with Crippen molar-refractivity contribution in [1.82, 2.24) is 5.32 Å². The Labute approximate surface area is 107 Å². The molecule has 0 aromatic heterocycles. The van der Waals surface area contributed by atoms with E-state index in [-0.39, 0.29) is 18.0 Å². The Morgan fingerprint density at radius 3 is 2.84 bits per heavy atom. The summed E-state index contributed by atoms with van der Waals surface area (Å²) in [6.45, 7) is 0.0383. The molecule has 1 aliphatic heterocycles. The van der Waals surface area contributed by atoms with Gasteiger partial charge in [-0.1, -0.05) is 12.1 Å². The number of benzene rings is 1.